The van der Waals surface area contributed by atoms with Gasteiger partial charge in [-0.15, -0.1) is 11.3 Å². The van der Waals surface area contributed by atoms with Crippen molar-refractivity contribution in [1.29, 1.82) is 0 Å². The van der Waals surface area contributed by atoms with Crippen molar-refractivity contribution in [2.45, 2.75) is 11.3 Å². The molecule has 0 fully saturated rings. The average molecular weight is 407 g/mol. The number of rotatable bonds is 7. The number of aromatic nitrogens is 1. The number of nitro benzene ring substituents is 1. The number of hydrogen-bond donors (Lipinski definition) is 1. The van der Waals surface area contributed by atoms with Gasteiger partial charge in [0.15, 0.2) is 4.34 Å². The summed E-state index contributed by atoms with van der Waals surface area (Å²) in [6.45, 7) is 2.47. The molecule has 1 aromatic heterocycles. The highest BCUT2D eigenvalue weighted by molar-refractivity contribution is 8.01. The molecular formula is C17H14FN3O4S2. The van der Waals surface area contributed by atoms with E-state index in [1.807, 2.05) is 25.1 Å². The van der Waals surface area contributed by atoms with Crippen LogP contribution in [-0.4, -0.2) is 28.2 Å². The molecule has 1 heterocycles. The van der Waals surface area contributed by atoms with Crippen LogP contribution in [0.15, 0.2) is 40.7 Å². The number of nitrogens with one attached hydrogen (secondary N) is 1. The van der Waals surface area contributed by atoms with E-state index in [-0.39, 0.29) is 17.1 Å². The van der Waals surface area contributed by atoms with Gasteiger partial charge in [-0.3, -0.25) is 14.9 Å². The number of fused-ring (bicyclic) bond motifs is 1. The number of hydrogen-bond acceptors (Lipinski definition) is 7. The van der Waals surface area contributed by atoms with Gasteiger partial charge in [-0.2, -0.15) is 0 Å². The first-order chi connectivity index (χ1) is 13.0. The summed E-state index contributed by atoms with van der Waals surface area (Å²) in [6, 6.07) is 8.54. The molecule has 0 atom stereocenters. The second-order valence-electron chi connectivity index (χ2n) is 5.30. The molecule has 3 rings (SSSR count). The van der Waals surface area contributed by atoms with Crippen LogP contribution in [0.5, 0.6) is 5.75 Å². The van der Waals surface area contributed by atoms with E-state index in [2.05, 4.69) is 10.3 Å². The predicted molar refractivity (Wildman–Crippen MR) is 103 cm³/mol. The molecule has 27 heavy (non-hydrogen) atoms. The molecular weight excluding hydrogens is 393 g/mol. The van der Waals surface area contributed by atoms with Crippen molar-refractivity contribution < 1.29 is 18.8 Å². The number of nitrogens with zero attached hydrogens (tertiary/aromatic N) is 2. The van der Waals surface area contributed by atoms with Crippen LogP contribution in [0.1, 0.15) is 6.92 Å². The molecule has 10 heteroatoms. The fraction of sp³-hybridized carbons (Fsp3) is 0.176. The molecule has 1 N–H and O–H groups in total. The van der Waals surface area contributed by atoms with E-state index in [4.69, 9.17) is 4.74 Å². The minimum Gasteiger partial charge on any atom is -0.494 e. The molecule has 0 radical (unpaired) electrons. The number of halogens is 1. The number of benzene rings is 2. The van der Waals surface area contributed by atoms with E-state index in [1.165, 1.54) is 23.1 Å². The van der Waals surface area contributed by atoms with Crippen LogP contribution in [-0.2, 0) is 4.79 Å². The van der Waals surface area contributed by atoms with Crippen LogP contribution in [0.4, 0.5) is 15.8 Å². The highest BCUT2D eigenvalue weighted by atomic mass is 32.2. The highest BCUT2D eigenvalue weighted by Gasteiger charge is 2.14. The molecule has 0 saturated carbocycles. The maximum absolute atomic E-state index is 13.7. The molecule has 0 spiro atoms. The lowest BCUT2D eigenvalue weighted by atomic mass is 10.2. The van der Waals surface area contributed by atoms with E-state index in [0.29, 0.717) is 10.9 Å². The van der Waals surface area contributed by atoms with Gasteiger partial charge in [-0.05, 0) is 31.2 Å². The van der Waals surface area contributed by atoms with E-state index < -0.39 is 16.6 Å². The lowest BCUT2D eigenvalue weighted by Crippen LogP contribution is -2.15. The lowest BCUT2D eigenvalue weighted by Gasteiger charge is -2.05. The van der Waals surface area contributed by atoms with Gasteiger partial charge in [-0.1, -0.05) is 11.8 Å². The van der Waals surface area contributed by atoms with E-state index in [1.54, 1.807) is 0 Å². The fourth-order valence-electron chi connectivity index (χ4n) is 2.24. The Balaban J connectivity index is 1.64. The minimum atomic E-state index is -0.734. The summed E-state index contributed by atoms with van der Waals surface area (Å²) >= 11 is 2.63. The number of anilines is 1. The normalized spacial score (nSPS) is 10.7. The second-order valence-corrected chi connectivity index (χ2v) is 7.55. The third-order valence-electron chi connectivity index (χ3n) is 3.41. The van der Waals surface area contributed by atoms with Gasteiger partial charge in [0.05, 0.1) is 33.2 Å². The summed E-state index contributed by atoms with van der Waals surface area (Å²) in [6.07, 6.45) is 0. The zero-order valence-electron chi connectivity index (χ0n) is 14.1. The van der Waals surface area contributed by atoms with Gasteiger partial charge in [0, 0.05) is 12.1 Å². The first-order valence-corrected chi connectivity index (χ1v) is 9.66. The van der Waals surface area contributed by atoms with Crippen molar-refractivity contribution in [2.24, 2.45) is 0 Å². The van der Waals surface area contributed by atoms with Crippen molar-refractivity contribution in [3.63, 3.8) is 0 Å². The third-order valence-corrected chi connectivity index (χ3v) is 5.57. The molecule has 0 saturated heterocycles. The standard InChI is InChI=1S/C17H14FN3O4S2/c1-2-25-11-4-6-13-15(8-11)27-17(20-13)26-9-16(22)19-14-7-10(21(23)24)3-5-12(14)18/h3-8H,2,9H2,1H3,(H,19,22). The van der Waals surface area contributed by atoms with Crippen LogP contribution in [0, 0.1) is 15.9 Å². The van der Waals surface area contributed by atoms with Gasteiger partial charge < -0.3 is 10.1 Å². The van der Waals surface area contributed by atoms with E-state index >= 15 is 0 Å². The SMILES string of the molecule is CCOc1ccc2nc(SCC(=O)Nc3cc([N+](=O)[O-])ccc3F)sc2c1. The highest BCUT2D eigenvalue weighted by Crippen LogP contribution is 2.32. The first kappa shape index (κ1) is 19.1. The minimum absolute atomic E-state index is 0.000269. The van der Waals surface area contributed by atoms with Crippen molar-refractivity contribution in [2.75, 3.05) is 17.7 Å². The number of ether oxygens (including phenoxy) is 1. The Bertz CT molecular complexity index is 1010. The summed E-state index contributed by atoms with van der Waals surface area (Å²) in [7, 11) is 0. The molecule has 0 unspecified atom stereocenters. The van der Waals surface area contributed by atoms with Crippen LogP contribution >= 0.6 is 23.1 Å². The van der Waals surface area contributed by atoms with Gasteiger partial charge in [0.25, 0.3) is 5.69 Å². The number of nitro groups is 1. The van der Waals surface area contributed by atoms with Gasteiger partial charge in [0.1, 0.15) is 11.6 Å². The Kier molecular flexibility index (Phi) is 5.87. The molecule has 0 aliphatic heterocycles. The Morgan fingerprint density at radius 2 is 2.19 bits per heavy atom. The summed E-state index contributed by atoms with van der Waals surface area (Å²) in [5.41, 5.74) is 0.284. The molecule has 140 valence electrons. The average Bonchev–Trinajstić information content (AvgIpc) is 3.04. The summed E-state index contributed by atoms with van der Waals surface area (Å²) < 4.78 is 20.8. The fourth-order valence-corrected chi connectivity index (χ4v) is 4.14. The molecule has 3 aromatic rings. The Morgan fingerprint density at radius 3 is 2.93 bits per heavy atom. The molecule has 0 bridgehead atoms. The monoisotopic (exact) mass is 407 g/mol. The molecule has 1 amide bonds. The van der Waals surface area contributed by atoms with Crippen molar-refractivity contribution in [3.8, 4) is 5.75 Å². The maximum atomic E-state index is 13.7. The molecule has 7 nitrogen and oxygen atoms in total. The van der Waals surface area contributed by atoms with E-state index in [9.17, 15) is 19.3 Å². The third kappa shape index (κ3) is 4.72. The second kappa shape index (κ2) is 8.31. The quantitative estimate of drug-likeness (QED) is 0.353. The van der Waals surface area contributed by atoms with Crippen molar-refractivity contribution >= 4 is 50.6 Å². The number of amides is 1. The first-order valence-electron chi connectivity index (χ1n) is 7.86. The summed E-state index contributed by atoms with van der Waals surface area (Å²) in [5, 5.41) is 13.1. The number of thiazole rings is 1. The molecule has 0 aliphatic carbocycles. The van der Waals surface area contributed by atoms with Crippen LogP contribution in [0.2, 0.25) is 0 Å². The van der Waals surface area contributed by atoms with Crippen LogP contribution in [0.3, 0.4) is 0 Å². The predicted octanol–water partition coefficient (Wildman–Crippen LogP) is 4.47. The van der Waals surface area contributed by atoms with Crippen molar-refractivity contribution in [3.05, 3.63) is 52.3 Å². The molecule has 2 aromatic carbocycles. The lowest BCUT2D eigenvalue weighted by molar-refractivity contribution is -0.384. The summed E-state index contributed by atoms with van der Waals surface area (Å²) in [4.78, 5) is 26.6. The number of carbonyl (C=O) groups excluding carboxylic acids is 1. The van der Waals surface area contributed by atoms with Crippen molar-refractivity contribution in [1.82, 2.24) is 4.98 Å². The Hall–Kier alpha value is -2.72. The Labute approximate surface area is 161 Å². The van der Waals surface area contributed by atoms with E-state index in [0.717, 1.165) is 34.2 Å². The largest absolute Gasteiger partial charge is 0.494 e. The molecule has 0 aliphatic rings. The summed E-state index contributed by atoms with van der Waals surface area (Å²) in [5.74, 6) is -0.458. The van der Waals surface area contributed by atoms with Gasteiger partial charge >= 0.3 is 0 Å². The Morgan fingerprint density at radius 1 is 1.37 bits per heavy atom. The number of thioether (sulfide) groups is 1. The smallest absolute Gasteiger partial charge is 0.271 e. The number of carbonyl (C=O) groups is 1. The topological polar surface area (TPSA) is 94.4 Å². The zero-order chi connectivity index (χ0) is 19.4. The zero-order valence-corrected chi connectivity index (χ0v) is 15.7. The van der Waals surface area contributed by atoms with Crippen LogP contribution in [0.25, 0.3) is 10.2 Å². The number of non-ortho nitro benzene ring substituents is 1. The van der Waals surface area contributed by atoms with Gasteiger partial charge in [-0.25, -0.2) is 9.37 Å². The van der Waals surface area contributed by atoms with Crippen LogP contribution < -0.4 is 10.1 Å². The maximum Gasteiger partial charge on any atom is 0.271 e. The van der Waals surface area contributed by atoms with Gasteiger partial charge in [0.2, 0.25) is 5.91 Å².